The van der Waals surface area contributed by atoms with Crippen LogP contribution in [-0.2, 0) is 0 Å². The molecule has 0 heterocycles. The van der Waals surface area contributed by atoms with Crippen LogP contribution in [0.5, 0.6) is 0 Å². The topological polar surface area (TPSA) is 49.3 Å². The van der Waals surface area contributed by atoms with E-state index >= 15 is 0 Å². The van der Waals surface area contributed by atoms with Crippen LogP contribution in [0.3, 0.4) is 0 Å². The van der Waals surface area contributed by atoms with Crippen LogP contribution in [0.25, 0.3) is 0 Å². The van der Waals surface area contributed by atoms with Gasteiger partial charge in [0.15, 0.2) is 0 Å². The van der Waals surface area contributed by atoms with Gasteiger partial charge in [0, 0.05) is 5.56 Å². The molecule has 0 aromatic heterocycles. The Hall–Kier alpha value is -1.35. The van der Waals surface area contributed by atoms with Crippen molar-refractivity contribution in [2.24, 2.45) is 0 Å². The van der Waals surface area contributed by atoms with Crippen LogP contribution in [0, 0.1) is 0 Å². The van der Waals surface area contributed by atoms with Gasteiger partial charge in [-0.25, -0.2) is 0 Å². The first-order valence-corrected chi connectivity index (χ1v) is 7.01. The van der Waals surface area contributed by atoms with Crippen molar-refractivity contribution in [3.8, 4) is 0 Å². The second-order valence-electron chi connectivity index (χ2n) is 5.38. The molecule has 3 heteroatoms. The van der Waals surface area contributed by atoms with E-state index < -0.39 is 5.54 Å². The van der Waals surface area contributed by atoms with Gasteiger partial charge in [-0.15, -0.1) is 0 Å². The molecule has 3 nitrogen and oxygen atoms in total. The lowest BCUT2D eigenvalue weighted by molar-refractivity contribution is 0.0818. The number of hydrogen-bond acceptors (Lipinski definition) is 2. The van der Waals surface area contributed by atoms with E-state index in [0.717, 1.165) is 12.8 Å². The van der Waals surface area contributed by atoms with Crippen molar-refractivity contribution < 1.29 is 9.90 Å². The normalized spacial score (nSPS) is 11.7. The SMILES string of the molecule is CCC(CC)(CO)NC(=O)c1ccc(C(C)C)cc1. The molecule has 0 fully saturated rings. The van der Waals surface area contributed by atoms with E-state index in [1.165, 1.54) is 5.56 Å². The fraction of sp³-hybridized carbons (Fsp3) is 0.562. The van der Waals surface area contributed by atoms with E-state index in [1.807, 2.05) is 38.1 Å². The van der Waals surface area contributed by atoms with Crippen molar-refractivity contribution in [1.82, 2.24) is 5.32 Å². The predicted molar refractivity (Wildman–Crippen MR) is 78.4 cm³/mol. The summed E-state index contributed by atoms with van der Waals surface area (Å²) < 4.78 is 0. The van der Waals surface area contributed by atoms with Crippen LogP contribution < -0.4 is 5.32 Å². The van der Waals surface area contributed by atoms with Crippen molar-refractivity contribution >= 4 is 5.91 Å². The highest BCUT2D eigenvalue weighted by Gasteiger charge is 2.27. The third kappa shape index (κ3) is 3.80. The fourth-order valence-electron chi connectivity index (χ4n) is 2.02. The second kappa shape index (κ2) is 6.71. The number of carbonyl (C=O) groups excluding carboxylic acids is 1. The number of benzene rings is 1. The van der Waals surface area contributed by atoms with E-state index in [1.54, 1.807) is 0 Å². The van der Waals surface area contributed by atoms with Crippen molar-refractivity contribution in [3.05, 3.63) is 35.4 Å². The molecule has 19 heavy (non-hydrogen) atoms. The molecule has 0 bridgehead atoms. The quantitative estimate of drug-likeness (QED) is 0.828. The summed E-state index contributed by atoms with van der Waals surface area (Å²) in [6.07, 6.45) is 1.44. The van der Waals surface area contributed by atoms with Crippen LogP contribution in [-0.4, -0.2) is 23.2 Å². The number of carbonyl (C=O) groups is 1. The minimum atomic E-state index is -0.506. The average molecular weight is 263 g/mol. The number of hydrogen-bond donors (Lipinski definition) is 2. The third-order valence-electron chi connectivity index (χ3n) is 3.87. The van der Waals surface area contributed by atoms with Crippen LogP contribution >= 0.6 is 0 Å². The number of aliphatic hydroxyl groups excluding tert-OH is 1. The summed E-state index contributed by atoms with van der Waals surface area (Å²) in [6, 6.07) is 7.66. The van der Waals surface area contributed by atoms with E-state index in [9.17, 15) is 9.90 Å². The summed E-state index contributed by atoms with van der Waals surface area (Å²) in [6.45, 7) is 8.17. The Morgan fingerprint density at radius 1 is 1.21 bits per heavy atom. The van der Waals surface area contributed by atoms with E-state index in [2.05, 4.69) is 19.2 Å². The van der Waals surface area contributed by atoms with Crippen LogP contribution in [0.4, 0.5) is 0 Å². The van der Waals surface area contributed by atoms with E-state index in [-0.39, 0.29) is 12.5 Å². The molecule has 0 saturated heterocycles. The molecule has 0 radical (unpaired) electrons. The Morgan fingerprint density at radius 2 is 1.74 bits per heavy atom. The molecule has 0 aliphatic carbocycles. The first-order chi connectivity index (χ1) is 8.98. The van der Waals surface area contributed by atoms with Gasteiger partial charge in [-0.1, -0.05) is 39.8 Å². The van der Waals surface area contributed by atoms with Crippen molar-refractivity contribution in [2.45, 2.75) is 52.0 Å². The first-order valence-electron chi connectivity index (χ1n) is 7.01. The largest absolute Gasteiger partial charge is 0.394 e. The van der Waals surface area contributed by atoms with Crippen LogP contribution in [0.15, 0.2) is 24.3 Å². The molecule has 0 aliphatic heterocycles. The van der Waals surface area contributed by atoms with Crippen molar-refractivity contribution in [1.29, 1.82) is 0 Å². The summed E-state index contributed by atoms with van der Waals surface area (Å²) in [5, 5.41) is 12.4. The maximum Gasteiger partial charge on any atom is 0.251 e. The molecule has 0 saturated carbocycles. The second-order valence-corrected chi connectivity index (χ2v) is 5.38. The lowest BCUT2D eigenvalue weighted by Crippen LogP contribution is -2.50. The molecule has 0 unspecified atom stereocenters. The molecule has 0 spiro atoms. The maximum absolute atomic E-state index is 12.2. The molecule has 1 amide bonds. The van der Waals surface area contributed by atoms with Gasteiger partial charge in [0.1, 0.15) is 0 Å². The van der Waals surface area contributed by atoms with Gasteiger partial charge in [-0.3, -0.25) is 4.79 Å². The van der Waals surface area contributed by atoms with E-state index in [4.69, 9.17) is 0 Å². The molecule has 0 atom stereocenters. The number of rotatable bonds is 6. The van der Waals surface area contributed by atoms with Gasteiger partial charge in [-0.2, -0.15) is 0 Å². The molecule has 0 aliphatic rings. The third-order valence-corrected chi connectivity index (χ3v) is 3.87. The highest BCUT2D eigenvalue weighted by Crippen LogP contribution is 2.17. The van der Waals surface area contributed by atoms with Gasteiger partial charge in [0.2, 0.25) is 0 Å². The maximum atomic E-state index is 12.2. The zero-order chi connectivity index (χ0) is 14.5. The van der Waals surface area contributed by atoms with Crippen molar-refractivity contribution in [3.63, 3.8) is 0 Å². The van der Waals surface area contributed by atoms with Gasteiger partial charge in [0.25, 0.3) is 5.91 Å². The first kappa shape index (κ1) is 15.7. The molecule has 106 valence electrons. The molecule has 2 N–H and O–H groups in total. The fourth-order valence-corrected chi connectivity index (χ4v) is 2.02. The Bertz CT molecular complexity index is 397. The summed E-state index contributed by atoms with van der Waals surface area (Å²) in [4.78, 5) is 12.2. The monoisotopic (exact) mass is 263 g/mol. The standard InChI is InChI=1S/C16H25NO2/c1-5-16(6-2,11-18)17-15(19)14-9-7-13(8-10-14)12(3)4/h7-10,12,18H,5-6,11H2,1-4H3,(H,17,19). The molecule has 1 rings (SSSR count). The van der Waals surface area contributed by atoms with Crippen LogP contribution in [0.2, 0.25) is 0 Å². The lowest BCUT2D eigenvalue weighted by Gasteiger charge is -2.30. The Balaban J connectivity index is 2.83. The van der Waals surface area contributed by atoms with E-state index in [0.29, 0.717) is 11.5 Å². The minimum Gasteiger partial charge on any atom is -0.394 e. The van der Waals surface area contributed by atoms with Gasteiger partial charge in [0.05, 0.1) is 12.1 Å². The molecule has 1 aromatic carbocycles. The highest BCUT2D eigenvalue weighted by atomic mass is 16.3. The predicted octanol–water partition coefficient (Wildman–Crippen LogP) is 3.09. The van der Waals surface area contributed by atoms with Crippen LogP contribution in [0.1, 0.15) is 62.4 Å². The zero-order valence-electron chi connectivity index (χ0n) is 12.4. The Morgan fingerprint density at radius 3 is 2.11 bits per heavy atom. The molecular weight excluding hydrogens is 238 g/mol. The zero-order valence-corrected chi connectivity index (χ0v) is 12.4. The van der Waals surface area contributed by atoms with Gasteiger partial charge < -0.3 is 10.4 Å². The highest BCUT2D eigenvalue weighted by molar-refractivity contribution is 5.94. The van der Waals surface area contributed by atoms with Gasteiger partial charge >= 0.3 is 0 Å². The summed E-state index contributed by atoms with van der Waals surface area (Å²) in [7, 11) is 0. The summed E-state index contributed by atoms with van der Waals surface area (Å²) in [5.41, 5.74) is 1.36. The number of nitrogens with one attached hydrogen (secondary N) is 1. The Kier molecular flexibility index (Phi) is 5.55. The van der Waals surface area contributed by atoms with Gasteiger partial charge in [-0.05, 0) is 36.5 Å². The van der Waals surface area contributed by atoms with Crippen molar-refractivity contribution in [2.75, 3.05) is 6.61 Å². The lowest BCUT2D eigenvalue weighted by atomic mass is 9.93. The Labute approximate surface area is 116 Å². The number of aliphatic hydroxyl groups is 1. The summed E-state index contributed by atoms with van der Waals surface area (Å²) in [5.74, 6) is 0.341. The number of amides is 1. The minimum absolute atomic E-state index is 0.0319. The summed E-state index contributed by atoms with van der Waals surface area (Å²) >= 11 is 0. The molecule has 1 aromatic rings. The average Bonchev–Trinajstić information content (AvgIpc) is 2.45. The molecular formula is C16H25NO2. The smallest absolute Gasteiger partial charge is 0.251 e.